The Kier molecular flexibility index (Phi) is 54.6. The fourth-order valence-electron chi connectivity index (χ4n) is 8.82. The highest BCUT2D eigenvalue weighted by Crippen LogP contribution is 2.16. The molecule has 3 N–H and O–H groups in total. The van der Waals surface area contributed by atoms with Crippen LogP contribution in [0.4, 0.5) is 0 Å². The van der Waals surface area contributed by atoms with Crippen LogP contribution >= 0.6 is 0 Å². The first kappa shape index (κ1) is 64.8. The molecule has 0 aromatic heterocycles. The molecule has 0 aliphatic carbocycles. The zero-order valence-corrected chi connectivity index (χ0v) is 44.6. The number of carbonyl (C=O) groups excluding carboxylic acids is 2. The fourth-order valence-corrected chi connectivity index (χ4v) is 8.82. The van der Waals surface area contributed by atoms with Gasteiger partial charge in [-0.05, 0) is 89.9 Å². The summed E-state index contributed by atoms with van der Waals surface area (Å²) in [5, 5.41) is 23.1. The first-order valence-corrected chi connectivity index (χ1v) is 29.4. The standard InChI is InChI=1S/C61H113NO5/c1-3-5-7-9-11-13-14-15-16-29-32-35-39-43-47-51-55-61(66)67-56-52-48-44-40-36-33-30-27-25-23-21-19-17-18-20-22-24-26-28-31-34-38-42-46-50-54-60(65)62-58(57-63)59(64)53-49-45-41-37-12-10-8-6-4-2/h13-14,16,18-21,29,58-59,63-64H,3-12,15,17,22-28,30-57H2,1-2H3,(H,62,65)/b14-13-,20-18-,21-19-,29-16-. The highest BCUT2D eigenvalue weighted by Gasteiger charge is 2.20. The van der Waals surface area contributed by atoms with Crippen molar-refractivity contribution in [1.82, 2.24) is 5.32 Å². The maximum Gasteiger partial charge on any atom is 0.305 e. The molecule has 0 aliphatic rings. The van der Waals surface area contributed by atoms with Crippen molar-refractivity contribution in [3.63, 3.8) is 0 Å². The average molecular weight is 941 g/mol. The van der Waals surface area contributed by atoms with Crippen molar-refractivity contribution in [2.45, 2.75) is 315 Å². The number of amides is 1. The Morgan fingerprint density at radius 3 is 1.15 bits per heavy atom. The van der Waals surface area contributed by atoms with Crippen molar-refractivity contribution in [3.05, 3.63) is 48.6 Å². The maximum absolute atomic E-state index is 12.4. The Bertz CT molecular complexity index is 1130. The minimum absolute atomic E-state index is 0.00508. The molecule has 0 bridgehead atoms. The molecule has 0 radical (unpaired) electrons. The van der Waals surface area contributed by atoms with Gasteiger partial charge in [0.25, 0.3) is 0 Å². The number of aliphatic hydroxyl groups excluding tert-OH is 2. The molecule has 1 amide bonds. The van der Waals surface area contributed by atoms with Gasteiger partial charge in [0.1, 0.15) is 0 Å². The molecular weight excluding hydrogens is 827 g/mol. The highest BCUT2D eigenvalue weighted by molar-refractivity contribution is 5.76. The monoisotopic (exact) mass is 940 g/mol. The maximum atomic E-state index is 12.4. The van der Waals surface area contributed by atoms with Gasteiger partial charge in [-0.1, -0.05) is 249 Å². The molecule has 67 heavy (non-hydrogen) atoms. The Morgan fingerprint density at radius 2 is 0.746 bits per heavy atom. The lowest BCUT2D eigenvalue weighted by Crippen LogP contribution is -2.45. The number of esters is 1. The van der Waals surface area contributed by atoms with E-state index in [-0.39, 0.29) is 18.5 Å². The van der Waals surface area contributed by atoms with Gasteiger partial charge in [-0.25, -0.2) is 0 Å². The smallest absolute Gasteiger partial charge is 0.305 e. The number of unbranched alkanes of at least 4 members (excludes halogenated alkanes) is 35. The molecule has 0 saturated heterocycles. The Hall–Kier alpha value is -2.18. The SMILES string of the molecule is CCCCCC/C=C\C/C=C\CCCCCCCC(=O)OCCCCCCCCCCC/C=C\C/C=C\CCCCCCCCCCCC(=O)NC(CO)C(O)CCCCCCCCCCC. The summed E-state index contributed by atoms with van der Waals surface area (Å²) < 4.78 is 5.47. The van der Waals surface area contributed by atoms with Crippen molar-refractivity contribution < 1.29 is 24.5 Å². The van der Waals surface area contributed by atoms with E-state index in [2.05, 4.69) is 67.8 Å². The first-order chi connectivity index (χ1) is 33.0. The van der Waals surface area contributed by atoms with E-state index in [0.717, 1.165) is 57.8 Å². The summed E-state index contributed by atoms with van der Waals surface area (Å²) in [7, 11) is 0. The van der Waals surface area contributed by atoms with Gasteiger partial charge in [0.05, 0.1) is 25.4 Å². The predicted molar refractivity (Wildman–Crippen MR) is 292 cm³/mol. The zero-order chi connectivity index (χ0) is 48.6. The minimum Gasteiger partial charge on any atom is -0.466 e. The molecule has 0 heterocycles. The van der Waals surface area contributed by atoms with E-state index < -0.39 is 12.1 Å². The van der Waals surface area contributed by atoms with Crippen LogP contribution in [0.2, 0.25) is 0 Å². The summed E-state index contributed by atoms with van der Waals surface area (Å²) in [4.78, 5) is 24.4. The second-order valence-electron chi connectivity index (χ2n) is 20.0. The van der Waals surface area contributed by atoms with Crippen LogP contribution in [0.15, 0.2) is 48.6 Å². The summed E-state index contributed by atoms with van der Waals surface area (Å²) in [5.41, 5.74) is 0. The lowest BCUT2D eigenvalue weighted by atomic mass is 10.0. The van der Waals surface area contributed by atoms with E-state index >= 15 is 0 Å². The summed E-state index contributed by atoms with van der Waals surface area (Å²) in [6, 6.07) is -0.545. The molecule has 0 rings (SSSR count). The molecule has 0 saturated carbocycles. The van der Waals surface area contributed by atoms with Crippen molar-refractivity contribution in [2.75, 3.05) is 13.2 Å². The molecule has 392 valence electrons. The van der Waals surface area contributed by atoms with Gasteiger partial charge in [-0.2, -0.15) is 0 Å². The lowest BCUT2D eigenvalue weighted by Gasteiger charge is -2.22. The van der Waals surface area contributed by atoms with Gasteiger partial charge in [-0.3, -0.25) is 9.59 Å². The van der Waals surface area contributed by atoms with Crippen LogP contribution in [-0.2, 0) is 14.3 Å². The van der Waals surface area contributed by atoms with E-state index in [4.69, 9.17) is 4.74 Å². The number of carbonyl (C=O) groups is 2. The van der Waals surface area contributed by atoms with E-state index in [1.807, 2.05) is 0 Å². The number of ether oxygens (including phenoxy) is 1. The first-order valence-electron chi connectivity index (χ1n) is 29.4. The summed E-state index contributed by atoms with van der Waals surface area (Å²) in [6.45, 7) is 4.90. The predicted octanol–water partition coefficient (Wildman–Crippen LogP) is 18.2. The van der Waals surface area contributed by atoms with E-state index in [0.29, 0.717) is 25.9 Å². The lowest BCUT2D eigenvalue weighted by molar-refractivity contribution is -0.143. The molecule has 0 fully saturated rings. The van der Waals surface area contributed by atoms with Crippen molar-refractivity contribution in [3.8, 4) is 0 Å². The normalized spacial score (nSPS) is 13.0. The third-order valence-corrected chi connectivity index (χ3v) is 13.4. The number of nitrogens with one attached hydrogen (secondary N) is 1. The van der Waals surface area contributed by atoms with E-state index in [1.165, 1.54) is 212 Å². The molecule has 0 spiro atoms. The number of allylic oxidation sites excluding steroid dienone is 8. The molecular formula is C61H113NO5. The Balaban J connectivity index is 3.42. The fraction of sp³-hybridized carbons (Fsp3) is 0.836. The number of hydrogen-bond acceptors (Lipinski definition) is 5. The third kappa shape index (κ3) is 53.0. The Morgan fingerprint density at radius 1 is 0.418 bits per heavy atom. The van der Waals surface area contributed by atoms with Crippen LogP contribution in [0.1, 0.15) is 303 Å². The van der Waals surface area contributed by atoms with Crippen LogP contribution in [0, 0.1) is 0 Å². The van der Waals surface area contributed by atoms with Crippen LogP contribution in [0.3, 0.4) is 0 Å². The van der Waals surface area contributed by atoms with Gasteiger partial charge >= 0.3 is 5.97 Å². The molecule has 0 aliphatic heterocycles. The van der Waals surface area contributed by atoms with Crippen LogP contribution in [-0.4, -0.2) is 47.4 Å². The molecule has 0 aromatic carbocycles. The quantitative estimate of drug-likeness (QED) is 0.0321. The van der Waals surface area contributed by atoms with Crippen molar-refractivity contribution in [1.29, 1.82) is 0 Å². The molecule has 6 nitrogen and oxygen atoms in total. The van der Waals surface area contributed by atoms with Crippen molar-refractivity contribution in [2.24, 2.45) is 0 Å². The molecule has 6 heteroatoms. The highest BCUT2D eigenvalue weighted by atomic mass is 16.5. The Labute approximate surface area is 416 Å². The van der Waals surface area contributed by atoms with Gasteiger partial charge in [0.2, 0.25) is 5.91 Å². The summed E-state index contributed by atoms with van der Waals surface area (Å²) >= 11 is 0. The van der Waals surface area contributed by atoms with Crippen molar-refractivity contribution >= 4 is 11.9 Å². The van der Waals surface area contributed by atoms with Crippen LogP contribution in [0.5, 0.6) is 0 Å². The van der Waals surface area contributed by atoms with Crippen LogP contribution < -0.4 is 5.32 Å². The third-order valence-electron chi connectivity index (χ3n) is 13.4. The van der Waals surface area contributed by atoms with E-state index in [1.54, 1.807) is 0 Å². The second-order valence-corrected chi connectivity index (χ2v) is 20.0. The van der Waals surface area contributed by atoms with E-state index in [9.17, 15) is 19.8 Å². The second kappa shape index (κ2) is 56.4. The van der Waals surface area contributed by atoms with Crippen LogP contribution in [0.25, 0.3) is 0 Å². The zero-order valence-electron chi connectivity index (χ0n) is 44.6. The molecule has 0 aromatic rings. The van der Waals surface area contributed by atoms with Gasteiger partial charge < -0.3 is 20.3 Å². The minimum atomic E-state index is -0.667. The molecule has 2 atom stereocenters. The molecule has 2 unspecified atom stereocenters. The summed E-state index contributed by atoms with van der Waals surface area (Å²) in [6.07, 6.45) is 71.2. The average Bonchev–Trinajstić information content (AvgIpc) is 3.33. The topological polar surface area (TPSA) is 95.9 Å². The van der Waals surface area contributed by atoms with Gasteiger partial charge in [0, 0.05) is 12.8 Å². The number of hydrogen-bond donors (Lipinski definition) is 3. The number of aliphatic hydroxyl groups is 2. The van der Waals surface area contributed by atoms with Gasteiger partial charge in [-0.15, -0.1) is 0 Å². The van der Waals surface area contributed by atoms with Gasteiger partial charge in [0.15, 0.2) is 0 Å². The largest absolute Gasteiger partial charge is 0.466 e. The number of rotatable bonds is 54. The summed E-state index contributed by atoms with van der Waals surface area (Å²) in [5.74, 6) is -0.0493.